The third-order valence-electron chi connectivity index (χ3n) is 1.88. The summed E-state index contributed by atoms with van der Waals surface area (Å²) in [7, 11) is 0. The smallest absolute Gasteiger partial charge is 0.139 e. The van der Waals surface area contributed by atoms with Gasteiger partial charge in [-0.1, -0.05) is 0 Å². The normalized spacial score (nSPS) is 28.0. The molecule has 0 aromatic carbocycles. The summed E-state index contributed by atoms with van der Waals surface area (Å²) < 4.78 is 0. The minimum Gasteiger partial charge on any atom is -0.396 e. The van der Waals surface area contributed by atoms with Gasteiger partial charge in [0.25, 0.3) is 0 Å². The van der Waals surface area contributed by atoms with E-state index in [0.717, 1.165) is 0 Å². The van der Waals surface area contributed by atoms with E-state index in [-0.39, 0.29) is 119 Å². The van der Waals surface area contributed by atoms with Crippen molar-refractivity contribution in [3.8, 4) is 0 Å². The maximum atomic E-state index is 10.6. The number of ketones is 1. The third-order valence-corrected chi connectivity index (χ3v) is 1.88. The summed E-state index contributed by atoms with van der Waals surface area (Å²) >= 11 is 0. The summed E-state index contributed by atoms with van der Waals surface area (Å²) in [6.07, 6.45) is 0.446. The van der Waals surface area contributed by atoms with Crippen LogP contribution in [0.4, 0.5) is 0 Å². The number of hydrogen-bond acceptors (Lipinski definition) is 3. The van der Waals surface area contributed by atoms with Gasteiger partial charge in [-0.2, -0.15) is 0 Å². The molecule has 2 N–H and O–H groups in total. The van der Waals surface area contributed by atoms with Crippen LogP contribution in [0.3, 0.4) is 0 Å². The van der Waals surface area contributed by atoms with Crippen LogP contribution in [-0.4, -0.2) is 29.2 Å². The fraction of sp³-hybridized carbons (Fsp3) is 0.833. The number of rotatable bonds is 2. The summed E-state index contributed by atoms with van der Waals surface area (Å²) in [4.78, 5) is 10.6. The van der Waals surface area contributed by atoms with E-state index in [1.165, 1.54) is 0 Å². The van der Waals surface area contributed by atoms with Crippen LogP contribution < -0.4 is 0 Å². The number of carbonyl (C=O) groups is 1. The predicted molar refractivity (Wildman–Crippen MR) is 30.8 cm³/mol. The topological polar surface area (TPSA) is 57.5 Å². The quantitative estimate of drug-likeness (QED) is 0.447. The van der Waals surface area contributed by atoms with Crippen LogP contribution in [0.2, 0.25) is 0 Å². The Morgan fingerprint density at radius 2 is 1.82 bits per heavy atom. The van der Waals surface area contributed by atoms with Crippen molar-refractivity contribution >= 4 is 5.78 Å². The molecule has 0 aliphatic heterocycles. The molecule has 5 heteroatoms. The first-order valence-electron chi connectivity index (χ1n) is 3.04. The second-order valence-electron chi connectivity index (χ2n) is 2.40. The van der Waals surface area contributed by atoms with Crippen LogP contribution in [0, 0.1) is 100.0 Å². The van der Waals surface area contributed by atoms with Gasteiger partial charge in [0.05, 0.1) is 6.61 Å². The molecule has 1 aliphatic carbocycles. The molecular formula is C6H10Ac2O3. The third kappa shape index (κ3) is 4.01. The van der Waals surface area contributed by atoms with Crippen LogP contribution in [0.1, 0.15) is 6.42 Å². The minimum atomic E-state index is -0.269. The van der Waals surface area contributed by atoms with E-state index in [0.29, 0.717) is 6.42 Å². The zero-order valence-electron chi connectivity index (χ0n) is 6.23. The van der Waals surface area contributed by atoms with E-state index >= 15 is 0 Å². The monoisotopic (exact) mass is 584 g/mol. The molecule has 1 fully saturated rings. The molecule has 1 saturated carbocycles. The molecule has 0 unspecified atom stereocenters. The van der Waals surface area contributed by atoms with E-state index < -0.39 is 0 Å². The summed E-state index contributed by atoms with van der Waals surface area (Å²) in [5.41, 5.74) is 0. The molecule has 0 saturated heterocycles. The molecule has 0 aromatic rings. The molecule has 0 aromatic heterocycles. The maximum absolute atomic E-state index is 10.6. The van der Waals surface area contributed by atoms with Crippen molar-refractivity contribution in [1.82, 2.24) is 0 Å². The average Bonchev–Trinajstić information content (AvgIpc) is 1.83. The van der Waals surface area contributed by atoms with Gasteiger partial charge in [-0.15, -0.1) is 0 Å². The van der Waals surface area contributed by atoms with Crippen molar-refractivity contribution in [2.75, 3.05) is 13.2 Å². The van der Waals surface area contributed by atoms with Crippen molar-refractivity contribution < 1.29 is 103 Å². The van der Waals surface area contributed by atoms with Crippen molar-refractivity contribution in [2.45, 2.75) is 6.42 Å². The number of aliphatic hydroxyl groups is 2. The van der Waals surface area contributed by atoms with Gasteiger partial charge in [0, 0.05) is 113 Å². The number of carbonyl (C=O) groups excluding carboxylic acids is 1. The van der Waals surface area contributed by atoms with Gasteiger partial charge in [0.2, 0.25) is 0 Å². The van der Waals surface area contributed by atoms with Crippen LogP contribution in [0.25, 0.3) is 0 Å². The SMILES string of the molecule is O=C1C[C@@H](CO)[C@@H]1CO.[Ac].[Ac]. The molecule has 1 rings (SSSR count). The van der Waals surface area contributed by atoms with Crippen molar-refractivity contribution in [1.29, 1.82) is 0 Å². The maximum Gasteiger partial charge on any atom is 0.139 e. The zero-order chi connectivity index (χ0) is 6.85. The van der Waals surface area contributed by atoms with Gasteiger partial charge in [0.15, 0.2) is 0 Å². The molecule has 11 heavy (non-hydrogen) atoms. The second kappa shape index (κ2) is 7.84. The first-order chi connectivity index (χ1) is 4.29. The molecule has 0 spiro atoms. The van der Waals surface area contributed by atoms with Crippen molar-refractivity contribution in [2.24, 2.45) is 11.8 Å². The molecule has 2 atom stereocenters. The number of Topliss-reactive ketones (excluding diaryl/α,β-unsaturated/α-hetero) is 1. The Balaban J connectivity index is 0. The predicted octanol–water partition coefficient (Wildman–Crippen LogP) is -0.824. The largest absolute Gasteiger partial charge is 0.396 e. The Kier molecular flexibility index (Phi) is 11.3. The molecular weight excluding hydrogens is 574 g/mol. The van der Waals surface area contributed by atoms with Gasteiger partial charge >= 0.3 is 0 Å². The van der Waals surface area contributed by atoms with E-state index in [1.807, 2.05) is 0 Å². The minimum absolute atomic E-state index is 0. The van der Waals surface area contributed by atoms with Crippen LogP contribution in [0.5, 0.6) is 0 Å². The second-order valence-corrected chi connectivity index (χ2v) is 2.40. The molecule has 58 valence electrons. The zero-order valence-corrected chi connectivity index (χ0v) is 15.7. The number of aliphatic hydroxyl groups excluding tert-OH is 2. The Hall–Kier alpha value is 2.47. The van der Waals surface area contributed by atoms with Gasteiger partial charge in [0.1, 0.15) is 5.78 Å². The Morgan fingerprint density at radius 1 is 1.27 bits per heavy atom. The number of hydrogen-bond donors (Lipinski definition) is 2. The Morgan fingerprint density at radius 3 is 2.00 bits per heavy atom. The van der Waals surface area contributed by atoms with Gasteiger partial charge in [-0.3, -0.25) is 4.79 Å². The van der Waals surface area contributed by atoms with Crippen LogP contribution in [0.15, 0.2) is 0 Å². The van der Waals surface area contributed by atoms with Crippen molar-refractivity contribution in [3.05, 3.63) is 0 Å². The van der Waals surface area contributed by atoms with E-state index in [2.05, 4.69) is 0 Å². The molecule has 2 radical (unpaired) electrons. The molecule has 3 nitrogen and oxygen atoms in total. The molecule has 1 aliphatic rings. The fourth-order valence-electron chi connectivity index (χ4n) is 1.10. The van der Waals surface area contributed by atoms with Crippen molar-refractivity contribution in [3.63, 3.8) is 0 Å². The van der Waals surface area contributed by atoms with E-state index in [1.54, 1.807) is 0 Å². The summed E-state index contributed by atoms with van der Waals surface area (Å²) in [6, 6.07) is 0. The summed E-state index contributed by atoms with van der Waals surface area (Å²) in [5, 5.41) is 17.1. The van der Waals surface area contributed by atoms with E-state index in [9.17, 15) is 4.79 Å². The molecule has 0 heterocycles. The van der Waals surface area contributed by atoms with Gasteiger partial charge < -0.3 is 10.2 Å². The Labute approximate surface area is 137 Å². The van der Waals surface area contributed by atoms with Crippen LogP contribution in [-0.2, 0) is 4.79 Å². The standard InChI is InChI=1S/C6H10O3.2Ac/c7-2-4-1-6(9)5(4)3-8;;/h4-5,7-8H,1-3H2;;/t4-,5-;;/m0../s1. The van der Waals surface area contributed by atoms with Crippen LogP contribution >= 0.6 is 0 Å². The van der Waals surface area contributed by atoms with Gasteiger partial charge in [-0.05, 0) is 0 Å². The molecule has 0 bridgehead atoms. The first-order valence-corrected chi connectivity index (χ1v) is 3.04. The first kappa shape index (κ1) is 15.9. The Bertz CT molecular complexity index is 129. The summed E-state index contributed by atoms with van der Waals surface area (Å²) in [5.74, 6) is -0.158. The van der Waals surface area contributed by atoms with Gasteiger partial charge in [-0.25, -0.2) is 0 Å². The van der Waals surface area contributed by atoms with E-state index in [4.69, 9.17) is 10.2 Å². The average molecular weight is 584 g/mol. The summed E-state index contributed by atoms with van der Waals surface area (Å²) in [6.45, 7) is -0.0823. The fourth-order valence-corrected chi connectivity index (χ4v) is 1.10. The molecule has 0 amide bonds.